The van der Waals surface area contributed by atoms with Crippen LogP contribution < -0.4 is 10.1 Å². The smallest absolute Gasteiger partial charge is 0.265 e. The van der Waals surface area contributed by atoms with Gasteiger partial charge in [-0.2, -0.15) is 0 Å². The number of aryl methyl sites for hydroxylation is 2. The van der Waals surface area contributed by atoms with E-state index in [0.717, 1.165) is 16.8 Å². The summed E-state index contributed by atoms with van der Waals surface area (Å²) in [6.45, 7) is 5.72. The van der Waals surface area contributed by atoms with Gasteiger partial charge >= 0.3 is 0 Å². The molecule has 3 aromatic rings. The summed E-state index contributed by atoms with van der Waals surface area (Å²) >= 11 is 0. The molecule has 1 aromatic heterocycles. The Morgan fingerprint density at radius 1 is 1.12 bits per heavy atom. The van der Waals surface area contributed by atoms with E-state index in [1.165, 1.54) is 11.0 Å². The molecule has 0 aliphatic rings. The third-order valence-electron chi connectivity index (χ3n) is 3.63. The zero-order valence-corrected chi connectivity index (χ0v) is 14.3. The molecule has 3 rings (SSSR count). The second kappa shape index (κ2) is 7.12. The summed E-state index contributed by atoms with van der Waals surface area (Å²) in [6, 6.07) is 13.1. The highest BCUT2D eigenvalue weighted by Gasteiger charge is 2.15. The number of ether oxygens (including phenoxy) is 1. The zero-order chi connectivity index (χ0) is 17.8. The Morgan fingerprint density at radius 2 is 1.80 bits per heavy atom. The Kier molecular flexibility index (Phi) is 4.74. The van der Waals surface area contributed by atoms with Gasteiger partial charge in [-0.25, -0.2) is 4.68 Å². The first-order chi connectivity index (χ1) is 12.0. The van der Waals surface area contributed by atoms with Crippen molar-refractivity contribution >= 4 is 11.6 Å². The zero-order valence-electron chi connectivity index (χ0n) is 14.3. The highest BCUT2D eigenvalue weighted by molar-refractivity contribution is 5.94. The van der Waals surface area contributed by atoms with Crippen molar-refractivity contribution in [3.63, 3.8) is 0 Å². The number of hydrogen-bond acceptors (Lipinski definition) is 5. The molecule has 0 unspecified atom stereocenters. The summed E-state index contributed by atoms with van der Waals surface area (Å²) in [5.74, 6) is 0.475. The molecule has 0 radical (unpaired) electrons. The SMILES string of the molecule is Cc1cc(C)cc(O[C@@H](C)C(=O)Nc2ccc(-n3cnnn3)cc2)c1. The topological polar surface area (TPSA) is 81.9 Å². The lowest BCUT2D eigenvalue weighted by molar-refractivity contribution is -0.122. The lowest BCUT2D eigenvalue weighted by Gasteiger charge is -2.16. The van der Waals surface area contributed by atoms with Crippen LogP contribution in [0.4, 0.5) is 5.69 Å². The Balaban J connectivity index is 1.63. The molecule has 0 fully saturated rings. The highest BCUT2D eigenvalue weighted by atomic mass is 16.5. The van der Waals surface area contributed by atoms with Gasteiger partial charge in [0.1, 0.15) is 12.1 Å². The van der Waals surface area contributed by atoms with Crippen molar-refractivity contribution in [2.75, 3.05) is 5.32 Å². The molecule has 7 nitrogen and oxygen atoms in total. The minimum Gasteiger partial charge on any atom is -0.481 e. The van der Waals surface area contributed by atoms with Crippen LogP contribution >= 0.6 is 0 Å². The van der Waals surface area contributed by atoms with Gasteiger partial charge in [0.05, 0.1) is 5.69 Å². The van der Waals surface area contributed by atoms with Crippen molar-refractivity contribution in [2.45, 2.75) is 26.9 Å². The molecule has 0 aliphatic heterocycles. The molecule has 0 saturated heterocycles. The largest absolute Gasteiger partial charge is 0.481 e. The fourth-order valence-electron chi connectivity index (χ4n) is 2.48. The van der Waals surface area contributed by atoms with Gasteiger partial charge in [-0.15, -0.1) is 5.10 Å². The van der Waals surface area contributed by atoms with Gasteiger partial charge in [0, 0.05) is 5.69 Å². The van der Waals surface area contributed by atoms with E-state index in [-0.39, 0.29) is 5.91 Å². The maximum Gasteiger partial charge on any atom is 0.265 e. The van der Waals surface area contributed by atoms with Gasteiger partial charge in [-0.3, -0.25) is 4.79 Å². The van der Waals surface area contributed by atoms with Crippen LogP contribution in [-0.4, -0.2) is 32.2 Å². The number of hydrogen-bond donors (Lipinski definition) is 1. The lowest BCUT2D eigenvalue weighted by atomic mass is 10.1. The molecule has 0 bridgehead atoms. The quantitative estimate of drug-likeness (QED) is 0.774. The highest BCUT2D eigenvalue weighted by Crippen LogP contribution is 2.18. The fourth-order valence-corrected chi connectivity index (χ4v) is 2.48. The predicted octanol–water partition coefficient (Wildman–Crippen LogP) is 2.69. The van der Waals surface area contributed by atoms with E-state index in [0.29, 0.717) is 11.4 Å². The van der Waals surface area contributed by atoms with Crippen molar-refractivity contribution in [3.8, 4) is 11.4 Å². The minimum atomic E-state index is -0.611. The van der Waals surface area contributed by atoms with E-state index in [4.69, 9.17) is 4.74 Å². The van der Waals surface area contributed by atoms with Crippen LogP contribution in [0.5, 0.6) is 5.75 Å². The van der Waals surface area contributed by atoms with Crippen molar-refractivity contribution in [2.24, 2.45) is 0 Å². The number of carbonyl (C=O) groups is 1. The van der Waals surface area contributed by atoms with Crippen molar-refractivity contribution in [1.29, 1.82) is 0 Å². The van der Waals surface area contributed by atoms with Crippen molar-refractivity contribution in [3.05, 3.63) is 59.9 Å². The molecule has 128 valence electrons. The van der Waals surface area contributed by atoms with Gasteiger partial charge in [-0.1, -0.05) is 6.07 Å². The van der Waals surface area contributed by atoms with Crippen molar-refractivity contribution < 1.29 is 9.53 Å². The molecule has 1 atom stereocenters. The van der Waals surface area contributed by atoms with Gasteiger partial charge in [0.25, 0.3) is 5.91 Å². The van der Waals surface area contributed by atoms with Crippen LogP contribution in [0.15, 0.2) is 48.8 Å². The monoisotopic (exact) mass is 337 g/mol. The molecule has 0 saturated carbocycles. The van der Waals surface area contributed by atoms with E-state index in [1.54, 1.807) is 19.1 Å². The van der Waals surface area contributed by atoms with Gasteiger partial charge in [0.15, 0.2) is 6.10 Å². The maximum atomic E-state index is 12.3. The predicted molar refractivity (Wildman–Crippen MR) is 93.8 cm³/mol. The van der Waals surface area contributed by atoms with Crippen LogP contribution in [0, 0.1) is 13.8 Å². The molecule has 1 heterocycles. The number of nitrogens with one attached hydrogen (secondary N) is 1. The van der Waals surface area contributed by atoms with Gasteiger partial charge < -0.3 is 10.1 Å². The molecule has 25 heavy (non-hydrogen) atoms. The van der Waals surface area contributed by atoms with Crippen LogP contribution in [0.1, 0.15) is 18.1 Å². The normalized spacial score (nSPS) is 11.8. The molecular weight excluding hydrogens is 318 g/mol. The average molecular weight is 337 g/mol. The van der Waals surface area contributed by atoms with E-state index < -0.39 is 6.10 Å². The first-order valence-corrected chi connectivity index (χ1v) is 7.90. The number of benzene rings is 2. The number of amides is 1. The summed E-state index contributed by atoms with van der Waals surface area (Å²) in [5.41, 5.74) is 3.68. The Bertz CT molecular complexity index is 839. The third kappa shape index (κ3) is 4.20. The van der Waals surface area contributed by atoms with Crippen LogP contribution in [0.3, 0.4) is 0 Å². The number of aromatic nitrogens is 4. The number of nitrogens with zero attached hydrogens (tertiary/aromatic N) is 4. The Hall–Kier alpha value is -3.22. The number of carbonyl (C=O) groups excluding carboxylic acids is 1. The summed E-state index contributed by atoms with van der Waals surface area (Å²) in [6.07, 6.45) is 0.897. The van der Waals surface area contributed by atoms with Gasteiger partial charge in [-0.05, 0) is 78.7 Å². The second-order valence-corrected chi connectivity index (χ2v) is 5.87. The van der Waals surface area contributed by atoms with E-state index in [1.807, 2.05) is 38.1 Å². The molecule has 1 N–H and O–H groups in total. The Labute approximate surface area is 145 Å². The summed E-state index contributed by atoms with van der Waals surface area (Å²) < 4.78 is 7.29. The fraction of sp³-hybridized carbons (Fsp3) is 0.222. The van der Waals surface area contributed by atoms with Crippen LogP contribution in [0.25, 0.3) is 5.69 Å². The Morgan fingerprint density at radius 3 is 2.40 bits per heavy atom. The number of anilines is 1. The number of tetrazole rings is 1. The first-order valence-electron chi connectivity index (χ1n) is 7.90. The first kappa shape index (κ1) is 16.6. The molecule has 0 spiro atoms. The van der Waals surface area contributed by atoms with Crippen LogP contribution in [-0.2, 0) is 4.79 Å². The summed E-state index contributed by atoms with van der Waals surface area (Å²) in [5, 5.41) is 13.8. The summed E-state index contributed by atoms with van der Waals surface area (Å²) in [4.78, 5) is 12.3. The van der Waals surface area contributed by atoms with E-state index >= 15 is 0 Å². The molecule has 7 heteroatoms. The van der Waals surface area contributed by atoms with Crippen molar-refractivity contribution in [1.82, 2.24) is 20.2 Å². The van der Waals surface area contributed by atoms with E-state index in [9.17, 15) is 4.79 Å². The maximum absolute atomic E-state index is 12.3. The van der Waals surface area contributed by atoms with Gasteiger partial charge in [0.2, 0.25) is 0 Å². The average Bonchev–Trinajstić information content (AvgIpc) is 3.09. The number of rotatable bonds is 5. The third-order valence-corrected chi connectivity index (χ3v) is 3.63. The van der Waals surface area contributed by atoms with Crippen LogP contribution in [0.2, 0.25) is 0 Å². The minimum absolute atomic E-state index is 0.214. The lowest BCUT2D eigenvalue weighted by Crippen LogP contribution is -2.30. The van der Waals surface area contributed by atoms with E-state index in [2.05, 4.69) is 26.9 Å². The molecular formula is C18H19N5O2. The standard InChI is InChI=1S/C18H19N5O2/c1-12-8-13(2)10-17(9-12)25-14(3)18(24)20-15-4-6-16(7-5-15)23-11-19-21-22-23/h4-11,14H,1-3H3,(H,20,24)/t14-/m0/s1. The summed E-state index contributed by atoms with van der Waals surface area (Å²) in [7, 11) is 0. The second-order valence-electron chi connectivity index (χ2n) is 5.87. The molecule has 1 amide bonds. The molecule has 2 aromatic carbocycles. The molecule has 0 aliphatic carbocycles.